The lowest BCUT2D eigenvalue weighted by molar-refractivity contribution is 0.576. The maximum atomic E-state index is 14.5. The third-order valence-corrected chi connectivity index (χ3v) is 5.66. The highest BCUT2D eigenvalue weighted by Gasteiger charge is 2.17. The topological polar surface area (TPSA) is 41.6 Å². The first-order valence-corrected chi connectivity index (χ1v) is 9.36. The van der Waals surface area contributed by atoms with Crippen molar-refractivity contribution in [1.82, 2.24) is 15.0 Å². The minimum absolute atomic E-state index is 0.0305. The lowest BCUT2D eigenvalue weighted by Crippen LogP contribution is -1.91. The lowest BCUT2D eigenvalue weighted by atomic mass is 10.0. The number of halogens is 3. The first-order chi connectivity index (χ1) is 13.5. The highest BCUT2D eigenvalue weighted by molar-refractivity contribution is 7.13. The third kappa shape index (κ3) is 2.43. The number of rotatable bonds is 2. The van der Waals surface area contributed by atoms with E-state index in [0.29, 0.717) is 38.0 Å². The molecule has 0 fully saturated rings. The second-order valence-electron chi connectivity index (χ2n) is 6.47. The van der Waals surface area contributed by atoms with Crippen LogP contribution in [0.5, 0.6) is 0 Å². The zero-order valence-corrected chi connectivity index (χ0v) is 15.4. The van der Waals surface area contributed by atoms with Crippen LogP contribution in [0.2, 0.25) is 0 Å². The predicted molar refractivity (Wildman–Crippen MR) is 105 cm³/mol. The molecule has 7 heteroatoms. The fraction of sp³-hybridized carbons (Fsp3) is 0.0476. The SMILES string of the molecule is Cc1c(F)cc2c(-c3ccc4c(-c5cncs5)c(F)ccc4n3)c[nH]c2c1F. The van der Waals surface area contributed by atoms with Crippen molar-refractivity contribution in [2.45, 2.75) is 6.92 Å². The highest BCUT2D eigenvalue weighted by atomic mass is 32.1. The molecule has 5 rings (SSSR count). The molecule has 3 heterocycles. The second-order valence-corrected chi connectivity index (χ2v) is 7.36. The van der Waals surface area contributed by atoms with Crippen molar-refractivity contribution in [3.63, 3.8) is 0 Å². The number of fused-ring (bicyclic) bond motifs is 2. The molecule has 0 amide bonds. The van der Waals surface area contributed by atoms with Gasteiger partial charge in [0.1, 0.15) is 11.6 Å². The van der Waals surface area contributed by atoms with Crippen LogP contribution < -0.4 is 0 Å². The predicted octanol–water partition coefficient (Wildman–Crippen LogP) is 6.23. The quantitative estimate of drug-likeness (QED) is 0.385. The molecule has 0 atom stereocenters. The van der Waals surface area contributed by atoms with Gasteiger partial charge in [-0.1, -0.05) is 0 Å². The molecule has 3 nitrogen and oxygen atoms in total. The Morgan fingerprint density at radius 3 is 2.64 bits per heavy atom. The summed E-state index contributed by atoms with van der Waals surface area (Å²) in [7, 11) is 0. The molecule has 5 aromatic rings. The number of hydrogen-bond donors (Lipinski definition) is 1. The van der Waals surface area contributed by atoms with E-state index in [1.165, 1.54) is 30.4 Å². The van der Waals surface area contributed by atoms with Gasteiger partial charge in [0.25, 0.3) is 0 Å². The minimum atomic E-state index is -0.614. The van der Waals surface area contributed by atoms with E-state index >= 15 is 0 Å². The number of H-pyrrole nitrogens is 1. The molecule has 0 saturated heterocycles. The zero-order chi connectivity index (χ0) is 19.4. The fourth-order valence-electron chi connectivity index (χ4n) is 3.42. The van der Waals surface area contributed by atoms with E-state index in [9.17, 15) is 13.2 Å². The summed E-state index contributed by atoms with van der Waals surface area (Å²) in [6.07, 6.45) is 3.22. The van der Waals surface area contributed by atoms with Gasteiger partial charge in [-0.25, -0.2) is 18.2 Å². The molecule has 0 bridgehead atoms. The average Bonchev–Trinajstić information content (AvgIpc) is 3.36. The number of hydrogen-bond acceptors (Lipinski definition) is 3. The van der Waals surface area contributed by atoms with Gasteiger partial charge in [0, 0.05) is 39.9 Å². The van der Waals surface area contributed by atoms with Gasteiger partial charge < -0.3 is 4.98 Å². The van der Waals surface area contributed by atoms with E-state index in [4.69, 9.17) is 0 Å². The molecule has 0 aliphatic rings. The van der Waals surface area contributed by atoms with Gasteiger partial charge in [-0.15, -0.1) is 11.3 Å². The van der Waals surface area contributed by atoms with Crippen molar-refractivity contribution in [2.75, 3.05) is 0 Å². The van der Waals surface area contributed by atoms with E-state index in [0.717, 1.165) is 0 Å². The summed E-state index contributed by atoms with van der Waals surface area (Å²) in [4.78, 5) is 12.2. The number of aromatic amines is 1. The molecule has 2 aromatic carbocycles. The molecule has 0 radical (unpaired) electrons. The number of aromatic nitrogens is 3. The van der Waals surface area contributed by atoms with Gasteiger partial charge >= 0.3 is 0 Å². The summed E-state index contributed by atoms with van der Waals surface area (Å²) in [6.45, 7) is 1.40. The second kappa shape index (κ2) is 6.17. The average molecular weight is 395 g/mol. The van der Waals surface area contributed by atoms with Crippen molar-refractivity contribution in [3.05, 3.63) is 71.3 Å². The van der Waals surface area contributed by atoms with Gasteiger partial charge in [0.05, 0.1) is 27.1 Å². The number of nitrogens with zero attached hydrogens (tertiary/aromatic N) is 2. The minimum Gasteiger partial charge on any atom is -0.358 e. The van der Waals surface area contributed by atoms with E-state index < -0.39 is 11.6 Å². The normalized spacial score (nSPS) is 11.6. The Balaban J connectivity index is 1.74. The first kappa shape index (κ1) is 16.9. The lowest BCUT2D eigenvalue weighted by Gasteiger charge is -2.08. The largest absolute Gasteiger partial charge is 0.358 e. The third-order valence-electron chi connectivity index (χ3n) is 4.87. The smallest absolute Gasteiger partial charge is 0.153 e. The number of nitrogens with one attached hydrogen (secondary N) is 1. The molecule has 1 N–H and O–H groups in total. The van der Waals surface area contributed by atoms with E-state index in [1.54, 1.807) is 36.1 Å². The summed E-state index contributed by atoms with van der Waals surface area (Å²) >= 11 is 1.35. The molecular formula is C21H12F3N3S. The van der Waals surface area contributed by atoms with Crippen LogP contribution in [0, 0.1) is 24.4 Å². The summed E-state index contributed by atoms with van der Waals surface area (Å²) in [5, 5.41) is 1.07. The Hall–Kier alpha value is -3.19. The molecule has 28 heavy (non-hydrogen) atoms. The molecule has 0 saturated carbocycles. The van der Waals surface area contributed by atoms with E-state index in [1.807, 2.05) is 0 Å². The van der Waals surface area contributed by atoms with Crippen LogP contribution in [-0.4, -0.2) is 15.0 Å². The first-order valence-electron chi connectivity index (χ1n) is 8.49. The monoisotopic (exact) mass is 395 g/mol. The fourth-order valence-corrected chi connectivity index (χ4v) is 4.10. The van der Waals surface area contributed by atoms with Crippen LogP contribution in [0.25, 0.3) is 43.5 Å². The van der Waals surface area contributed by atoms with Crippen LogP contribution in [0.3, 0.4) is 0 Å². The van der Waals surface area contributed by atoms with Crippen molar-refractivity contribution in [3.8, 4) is 21.7 Å². The zero-order valence-electron chi connectivity index (χ0n) is 14.6. The molecule has 0 spiro atoms. The van der Waals surface area contributed by atoms with Crippen molar-refractivity contribution in [1.29, 1.82) is 0 Å². The Kier molecular flexibility index (Phi) is 3.73. The van der Waals surface area contributed by atoms with Crippen molar-refractivity contribution in [2.24, 2.45) is 0 Å². The summed E-state index contributed by atoms with van der Waals surface area (Å²) in [6, 6.07) is 7.77. The highest BCUT2D eigenvalue weighted by Crippen LogP contribution is 2.36. The Labute approximate surface area is 161 Å². The molecule has 0 unspecified atom stereocenters. The molecule has 0 aliphatic carbocycles. The summed E-state index contributed by atoms with van der Waals surface area (Å²) < 4.78 is 42.9. The van der Waals surface area contributed by atoms with Crippen molar-refractivity contribution >= 4 is 33.1 Å². The standard InChI is InChI=1S/C21H12F3N3S/c1-10-15(23)6-12-13(7-26-21(12)20(10)24)17-4-2-11-16(27-17)5-3-14(22)19(11)18-8-25-9-28-18/h2-9,26H,1H3. The van der Waals surface area contributed by atoms with Gasteiger partial charge in [0.2, 0.25) is 0 Å². The number of thiazole rings is 1. The van der Waals surface area contributed by atoms with Crippen LogP contribution in [0.1, 0.15) is 5.56 Å². The number of benzene rings is 2. The van der Waals surface area contributed by atoms with Gasteiger partial charge in [-0.05, 0) is 37.3 Å². The molecular weight excluding hydrogens is 383 g/mol. The van der Waals surface area contributed by atoms with Crippen LogP contribution in [0.4, 0.5) is 13.2 Å². The van der Waals surface area contributed by atoms with Gasteiger partial charge in [-0.2, -0.15) is 0 Å². The Morgan fingerprint density at radius 1 is 1.00 bits per heavy atom. The van der Waals surface area contributed by atoms with E-state index in [-0.39, 0.29) is 16.9 Å². The van der Waals surface area contributed by atoms with Gasteiger partial charge in [0.15, 0.2) is 5.82 Å². The Morgan fingerprint density at radius 2 is 1.86 bits per heavy atom. The summed E-state index contributed by atoms with van der Waals surface area (Å²) in [5.41, 5.74) is 4.02. The van der Waals surface area contributed by atoms with E-state index in [2.05, 4.69) is 15.0 Å². The summed E-state index contributed by atoms with van der Waals surface area (Å²) in [5.74, 6) is -1.57. The molecule has 0 aliphatic heterocycles. The van der Waals surface area contributed by atoms with Gasteiger partial charge in [-0.3, -0.25) is 4.98 Å². The van der Waals surface area contributed by atoms with Crippen LogP contribution in [-0.2, 0) is 0 Å². The molecule has 3 aromatic heterocycles. The number of pyridine rings is 1. The van der Waals surface area contributed by atoms with Crippen molar-refractivity contribution < 1.29 is 13.2 Å². The Bertz CT molecular complexity index is 1360. The molecule has 138 valence electrons. The van der Waals surface area contributed by atoms with Crippen LogP contribution >= 0.6 is 11.3 Å². The maximum Gasteiger partial charge on any atom is 0.153 e. The maximum absolute atomic E-state index is 14.5. The van der Waals surface area contributed by atoms with Crippen LogP contribution in [0.15, 0.2) is 48.2 Å².